The van der Waals surface area contributed by atoms with E-state index in [1.54, 1.807) is 12.1 Å². The smallest absolute Gasteiger partial charge is 0.241 e. The van der Waals surface area contributed by atoms with Gasteiger partial charge in [0.1, 0.15) is 5.82 Å². The number of para-hydroxylation sites is 2. The van der Waals surface area contributed by atoms with Gasteiger partial charge in [-0.15, -0.1) is 0 Å². The van der Waals surface area contributed by atoms with E-state index < -0.39 is 16.1 Å². The van der Waals surface area contributed by atoms with Gasteiger partial charge in [-0.05, 0) is 49.2 Å². The standard InChI is InChI=1S/C19H22ClN3O2S/c1-13(2)12-23-18-7-5-4-6-17(18)21-19(23)14(3)22-26(24,25)16-10-8-15(20)9-11-16/h4-11,13-14,22H,12H2,1-3H3. The first-order chi connectivity index (χ1) is 12.3. The second-order valence-corrected chi connectivity index (χ2v) is 8.91. The largest absolute Gasteiger partial charge is 0.326 e. The predicted molar refractivity (Wildman–Crippen MR) is 105 cm³/mol. The number of aromatic nitrogens is 2. The van der Waals surface area contributed by atoms with E-state index in [9.17, 15) is 8.42 Å². The molecule has 1 N–H and O–H groups in total. The Bertz CT molecular complexity index is 1010. The van der Waals surface area contributed by atoms with E-state index in [2.05, 4.69) is 28.1 Å². The van der Waals surface area contributed by atoms with Crippen LogP contribution >= 0.6 is 11.6 Å². The van der Waals surface area contributed by atoms with Gasteiger partial charge in [0.25, 0.3) is 0 Å². The van der Waals surface area contributed by atoms with Gasteiger partial charge in [0.15, 0.2) is 0 Å². The Hall–Kier alpha value is -1.89. The average molecular weight is 392 g/mol. The van der Waals surface area contributed by atoms with E-state index in [-0.39, 0.29) is 4.90 Å². The molecular formula is C19H22ClN3O2S. The molecule has 0 spiro atoms. The third-order valence-electron chi connectivity index (χ3n) is 4.07. The van der Waals surface area contributed by atoms with Crippen LogP contribution in [0.15, 0.2) is 53.4 Å². The van der Waals surface area contributed by atoms with Crippen LogP contribution in [0.3, 0.4) is 0 Å². The molecular weight excluding hydrogens is 370 g/mol. The van der Waals surface area contributed by atoms with Gasteiger partial charge in [0, 0.05) is 11.6 Å². The summed E-state index contributed by atoms with van der Waals surface area (Å²) in [5.41, 5.74) is 1.87. The van der Waals surface area contributed by atoms with Crippen LogP contribution in [0, 0.1) is 5.92 Å². The number of hydrogen-bond donors (Lipinski definition) is 1. The third kappa shape index (κ3) is 3.92. The maximum absolute atomic E-state index is 12.7. The summed E-state index contributed by atoms with van der Waals surface area (Å²) >= 11 is 5.85. The van der Waals surface area contributed by atoms with E-state index in [1.807, 2.05) is 31.2 Å². The van der Waals surface area contributed by atoms with Crippen LogP contribution in [-0.2, 0) is 16.6 Å². The first kappa shape index (κ1) is 18.9. The van der Waals surface area contributed by atoms with Crippen molar-refractivity contribution in [2.45, 2.75) is 38.3 Å². The minimum atomic E-state index is -3.67. The molecule has 0 saturated carbocycles. The molecule has 0 fully saturated rings. The Labute approximate surface area is 159 Å². The Kier molecular flexibility index (Phi) is 5.37. The molecule has 2 aromatic carbocycles. The summed E-state index contributed by atoms with van der Waals surface area (Å²) in [6, 6.07) is 13.5. The van der Waals surface area contributed by atoms with Crippen LogP contribution in [0.2, 0.25) is 5.02 Å². The first-order valence-corrected chi connectivity index (χ1v) is 10.4. The second kappa shape index (κ2) is 7.39. The van der Waals surface area contributed by atoms with Gasteiger partial charge in [-0.1, -0.05) is 37.6 Å². The molecule has 0 bridgehead atoms. The van der Waals surface area contributed by atoms with Crippen molar-refractivity contribution in [1.29, 1.82) is 0 Å². The quantitative estimate of drug-likeness (QED) is 0.677. The van der Waals surface area contributed by atoms with Crippen LogP contribution < -0.4 is 4.72 Å². The Morgan fingerprint density at radius 2 is 1.73 bits per heavy atom. The number of fused-ring (bicyclic) bond motifs is 1. The van der Waals surface area contributed by atoms with Crippen molar-refractivity contribution in [3.63, 3.8) is 0 Å². The summed E-state index contributed by atoms with van der Waals surface area (Å²) in [6.45, 7) is 6.83. The molecule has 0 amide bonds. The summed E-state index contributed by atoms with van der Waals surface area (Å²) in [4.78, 5) is 4.85. The van der Waals surface area contributed by atoms with Crippen LogP contribution in [0.25, 0.3) is 11.0 Å². The predicted octanol–water partition coefficient (Wildman–Crippen LogP) is 4.39. The average Bonchev–Trinajstić information content (AvgIpc) is 2.93. The molecule has 0 aliphatic rings. The van der Waals surface area contributed by atoms with Crippen LogP contribution in [-0.4, -0.2) is 18.0 Å². The van der Waals surface area contributed by atoms with Gasteiger partial charge in [-0.2, -0.15) is 0 Å². The monoisotopic (exact) mass is 391 g/mol. The minimum absolute atomic E-state index is 0.181. The number of nitrogens with one attached hydrogen (secondary N) is 1. The van der Waals surface area contributed by atoms with Gasteiger partial charge in [-0.3, -0.25) is 0 Å². The lowest BCUT2D eigenvalue weighted by Gasteiger charge is -2.18. The molecule has 1 unspecified atom stereocenters. The molecule has 0 radical (unpaired) electrons. The number of sulfonamides is 1. The van der Waals surface area contributed by atoms with Crippen molar-refractivity contribution in [2.24, 2.45) is 5.92 Å². The number of imidazole rings is 1. The molecule has 138 valence electrons. The highest BCUT2D eigenvalue weighted by atomic mass is 35.5. The molecule has 0 aliphatic heterocycles. The van der Waals surface area contributed by atoms with E-state index in [0.717, 1.165) is 17.6 Å². The Morgan fingerprint density at radius 1 is 1.08 bits per heavy atom. The molecule has 1 aromatic heterocycles. The zero-order valence-electron chi connectivity index (χ0n) is 15.0. The summed E-state index contributed by atoms with van der Waals surface area (Å²) < 4.78 is 30.2. The number of nitrogens with zero attached hydrogens (tertiary/aromatic N) is 2. The summed E-state index contributed by atoms with van der Waals surface area (Å²) in [5, 5.41) is 0.496. The number of rotatable bonds is 6. The van der Waals surface area contributed by atoms with E-state index in [0.29, 0.717) is 16.8 Å². The molecule has 7 heteroatoms. The van der Waals surface area contributed by atoms with Crippen LogP contribution in [0.1, 0.15) is 32.6 Å². The lowest BCUT2D eigenvalue weighted by molar-refractivity contribution is 0.492. The lowest BCUT2D eigenvalue weighted by Crippen LogP contribution is -2.29. The second-order valence-electron chi connectivity index (χ2n) is 6.76. The fourth-order valence-electron chi connectivity index (χ4n) is 2.95. The van der Waals surface area contributed by atoms with Crippen molar-refractivity contribution in [2.75, 3.05) is 0 Å². The van der Waals surface area contributed by atoms with Crippen molar-refractivity contribution in [1.82, 2.24) is 14.3 Å². The van der Waals surface area contributed by atoms with Crippen molar-refractivity contribution < 1.29 is 8.42 Å². The van der Waals surface area contributed by atoms with E-state index in [4.69, 9.17) is 11.6 Å². The zero-order valence-corrected chi connectivity index (χ0v) is 16.6. The number of halogens is 1. The molecule has 1 heterocycles. The highest BCUT2D eigenvalue weighted by Gasteiger charge is 2.23. The maximum Gasteiger partial charge on any atom is 0.241 e. The molecule has 3 rings (SSSR count). The molecule has 3 aromatic rings. The molecule has 5 nitrogen and oxygen atoms in total. The van der Waals surface area contributed by atoms with Crippen molar-refractivity contribution in [3.8, 4) is 0 Å². The summed E-state index contributed by atoms with van der Waals surface area (Å²) in [5.74, 6) is 1.11. The molecule has 26 heavy (non-hydrogen) atoms. The Morgan fingerprint density at radius 3 is 2.38 bits per heavy atom. The van der Waals surface area contributed by atoms with E-state index >= 15 is 0 Å². The molecule has 0 aliphatic carbocycles. The minimum Gasteiger partial charge on any atom is -0.326 e. The SMILES string of the molecule is CC(C)Cn1c(C(C)NS(=O)(=O)c2ccc(Cl)cc2)nc2ccccc21. The van der Waals surface area contributed by atoms with E-state index in [1.165, 1.54) is 12.1 Å². The van der Waals surface area contributed by atoms with Crippen molar-refractivity contribution >= 4 is 32.7 Å². The third-order valence-corrected chi connectivity index (χ3v) is 5.88. The fourth-order valence-corrected chi connectivity index (χ4v) is 4.28. The number of benzene rings is 2. The normalized spacial score (nSPS) is 13.4. The zero-order chi connectivity index (χ0) is 18.9. The maximum atomic E-state index is 12.7. The number of hydrogen-bond acceptors (Lipinski definition) is 3. The summed E-state index contributed by atoms with van der Waals surface area (Å²) in [6.07, 6.45) is 0. The highest BCUT2D eigenvalue weighted by molar-refractivity contribution is 7.89. The molecule has 1 atom stereocenters. The van der Waals surface area contributed by atoms with Gasteiger partial charge >= 0.3 is 0 Å². The van der Waals surface area contributed by atoms with Gasteiger partial charge in [-0.25, -0.2) is 18.1 Å². The summed E-state index contributed by atoms with van der Waals surface area (Å²) in [7, 11) is -3.67. The van der Waals surface area contributed by atoms with Crippen LogP contribution in [0.4, 0.5) is 0 Å². The first-order valence-electron chi connectivity index (χ1n) is 8.51. The van der Waals surface area contributed by atoms with Gasteiger partial charge in [0.05, 0.1) is 22.0 Å². The fraction of sp³-hybridized carbons (Fsp3) is 0.316. The van der Waals surface area contributed by atoms with Crippen molar-refractivity contribution in [3.05, 3.63) is 59.4 Å². The van der Waals surface area contributed by atoms with Gasteiger partial charge < -0.3 is 4.57 Å². The van der Waals surface area contributed by atoms with Gasteiger partial charge in [0.2, 0.25) is 10.0 Å². The highest BCUT2D eigenvalue weighted by Crippen LogP contribution is 2.24. The molecule has 0 saturated heterocycles. The van der Waals surface area contributed by atoms with Crippen LogP contribution in [0.5, 0.6) is 0 Å². The lowest BCUT2D eigenvalue weighted by atomic mass is 10.2. The Balaban J connectivity index is 1.96. The topological polar surface area (TPSA) is 64.0 Å².